The molecule has 0 bridgehead atoms. The number of hydrogen-bond donors (Lipinski definition) is 2. The van der Waals surface area contributed by atoms with Gasteiger partial charge in [0.15, 0.2) is 11.5 Å². The van der Waals surface area contributed by atoms with Gasteiger partial charge in [0, 0.05) is 5.92 Å². The fourth-order valence-corrected chi connectivity index (χ4v) is 2.76. The first kappa shape index (κ1) is 17.2. The molecule has 1 unspecified atom stereocenters. The third kappa shape index (κ3) is 3.77. The molecule has 124 valence electrons. The summed E-state index contributed by atoms with van der Waals surface area (Å²) >= 11 is 0. The second-order valence-electron chi connectivity index (χ2n) is 5.82. The van der Waals surface area contributed by atoms with Gasteiger partial charge in [-0.1, -0.05) is 12.1 Å². The van der Waals surface area contributed by atoms with E-state index < -0.39 is 0 Å². The van der Waals surface area contributed by atoms with Crippen LogP contribution in [-0.2, 0) is 6.42 Å². The SMILES string of the molecule is COc1cc(CC(CN)c2cc(C)c(C)cc2OC)ccc1O. The van der Waals surface area contributed by atoms with Gasteiger partial charge >= 0.3 is 0 Å². The molecule has 0 aromatic heterocycles. The maximum Gasteiger partial charge on any atom is 0.160 e. The van der Waals surface area contributed by atoms with Crippen molar-refractivity contribution in [3.05, 3.63) is 52.6 Å². The number of hydrogen-bond acceptors (Lipinski definition) is 4. The van der Waals surface area contributed by atoms with Crippen LogP contribution in [0.4, 0.5) is 0 Å². The quantitative estimate of drug-likeness (QED) is 0.858. The lowest BCUT2D eigenvalue weighted by Crippen LogP contribution is -2.16. The van der Waals surface area contributed by atoms with Gasteiger partial charge in [0.05, 0.1) is 14.2 Å². The Hall–Kier alpha value is -2.20. The Balaban J connectivity index is 2.35. The van der Waals surface area contributed by atoms with Crippen molar-refractivity contribution in [3.8, 4) is 17.2 Å². The minimum atomic E-state index is 0.137. The first-order valence-corrected chi connectivity index (χ1v) is 7.71. The third-order valence-electron chi connectivity index (χ3n) is 4.30. The summed E-state index contributed by atoms with van der Waals surface area (Å²) in [4.78, 5) is 0. The molecule has 4 heteroatoms. The first-order chi connectivity index (χ1) is 11.0. The van der Waals surface area contributed by atoms with Gasteiger partial charge in [-0.2, -0.15) is 0 Å². The van der Waals surface area contributed by atoms with E-state index in [0.29, 0.717) is 12.3 Å². The van der Waals surface area contributed by atoms with Crippen molar-refractivity contribution in [2.24, 2.45) is 5.73 Å². The molecular formula is C19H25NO3. The molecule has 2 aromatic carbocycles. The summed E-state index contributed by atoms with van der Waals surface area (Å²) in [5.74, 6) is 1.63. The van der Waals surface area contributed by atoms with Crippen LogP contribution in [0.1, 0.15) is 28.2 Å². The van der Waals surface area contributed by atoms with E-state index in [1.165, 1.54) is 11.1 Å². The highest BCUT2D eigenvalue weighted by Crippen LogP contribution is 2.33. The van der Waals surface area contributed by atoms with Crippen molar-refractivity contribution in [2.75, 3.05) is 20.8 Å². The average molecular weight is 315 g/mol. The van der Waals surface area contributed by atoms with Gasteiger partial charge in [-0.3, -0.25) is 0 Å². The Kier molecular flexibility index (Phi) is 5.50. The van der Waals surface area contributed by atoms with Crippen molar-refractivity contribution in [2.45, 2.75) is 26.2 Å². The summed E-state index contributed by atoms with van der Waals surface area (Å²) in [6, 6.07) is 9.62. The lowest BCUT2D eigenvalue weighted by atomic mass is 9.89. The lowest BCUT2D eigenvalue weighted by Gasteiger charge is -2.20. The molecule has 3 N–H and O–H groups in total. The van der Waals surface area contributed by atoms with Gasteiger partial charge in [-0.25, -0.2) is 0 Å². The fraction of sp³-hybridized carbons (Fsp3) is 0.368. The lowest BCUT2D eigenvalue weighted by molar-refractivity contribution is 0.372. The number of phenols is 1. The molecule has 0 aliphatic carbocycles. The van der Waals surface area contributed by atoms with Crippen molar-refractivity contribution in [1.29, 1.82) is 0 Å². The predicted molar refractivity (Wildman–Crippen MR) is 92.6 cm³/mol. The average Bonchev–Trinajstić information content (AvgIpc) is 2.56. The van der Waals surface area contributed by atoms with Gasteiger partial charge in [0.25, 0.3) is 0 Å². The molecule has 1 atom stereocenters. The van der Waals surface area contributed by atoms with Crippen LogP contribution in [0.3, 0.4) is 0 Å². The second-order valence-corrected chi connectivity index (χ2v) is 5.82. The zero-order valence-electron chi connectivity index (χ0n) is 14.2. The van der Waals surface area contributed by atoms with Crippen LogP contribution in [0.2, 0.25) is 0 Å². The number of benzene rings is 2. The molecule has 0 heterocycles. The summed E-state index contributed by atoms with van der Waals surface area (Å²) in [5, 5.41) is 9.72. The maximum atomic E-state index is 9.72. The van der Waals surface area contributed by atoms with Crippen LogP contribution >= 0.6 is 0 Å². The number of aryl methyl sites for hydroxylation is 2. The van der Waals surface area contributed by atoms with E-state index in [1.54, 1.807) is 20.3 Å². The van der Waals surface area contributed by atoms with Crippen LogP contribution in [0.5, 0.6) is 17.2 Å². The van der Waals surface area contributed by atoms with E-state index in [4.69, 9.17) is 15.2 Å². The number of aromatic hydroxyl groups is 1. The summed E-state index contributed by atoms with van der Waals surface area (Å²) in [5.41, 5.74) is 10.6. The minimum Gasteiger partial charge on any atom is -0.504 e. The molecular weight excluding hydrogens is 290 g/mol. The van der Waals surface area contributed by atoms with Crippen molar-refractivity contribution >= 4 is 0 Å². The van der Waals surface area contributed by atoms with E-state index in [9.17, 15) is 5.11 Å². The van der Waals surface area contributed by atoms with E-state index in [-0.39, 0.29) is 11.7 Å². The van der Waals surface area contributed by atoms with Crippen LogP contribution in [0.25, 0.3) is 0 Å². The topological polar surface area (TPSA) is 64.7 Å². The zero-order chi connectivity index (χ0) is 17.0. The Morgan fingerprint density at radius 2 is 1.65 bits per heavy atom. The minimum absolute atomic E-state index is 0.137. The fourth-order valence-electron chi connectivity index (χ4n) is 2.76. The van der Waals surface area contributed by atoms with Crippen molar-refractivity contribution in [3.63, 3.8) is 0 Å². The number of methoxy groups -OCH3 is 2. The monoisotopic (exact) mass is 315 g/mol. The molecule has 2 rings (SSSR count). The van der Waals surface area contributed by atoms with E-state index >= 15 is 0 Å². The zero-order valence-corrected chi connectivity index (χ0v) is 14.2. The standard InChI is InChI=1S/C19H25NO3/c1-12-7-16(18(22-3)8-13(12)2)15(11-20)9-14-5-6-17(21)19(10-14)23-4/h5-8,10,15,21H,9,11,20H2,1-4H3. The number of rotatable bonds is 6. The van der Waals surface area contributed by atoms with E-state index in [2.05, 4.69) is 26.0 Å². The molecule has 0 saturated carbocycles. The van der Waals surface area contributed by atoms with Gasteiger partial charge in [-0.15, -0.1) is 0 Å². The normalized spacial score (nSPS) is 12.0. The Morgan fingerprint density at radius 3 is 2.26 bits per heavy atom. The summed E-state index contributed by atoms with van der Waals surface area (Å²) in [7, 11) is 3.23. The number of nitrogens with two attached hydrogens (primary N) is 1. The Morgan fingerprint density at radius 1 is 1.00 bits per heavy atom. The summed E-state index contributed by atoms with van der Waals surface area (Å²) in [6.45, 7) is 4.68. The molecule has 2 aromatic rings. The summed E-state index contributed by atoms with van der Waals surface area (Å²) < 4.78 is 10.7. The maximum absolute atomic E-state index is 9.72. The molecule has 0 fully saturated rings. The predicted octanol–water partition coefficient (Wildman–Crippen LogP) is 3.31. The molecule has 23 heavy (non-hydrogen) atoms. The van der Waals surface area contributed by atoms with E-state index in [1.807, 2.05) is 12.1 Å². The third-order valence-corrected chi connectivity index (χ3v) is 4.30. The van der Waals surface area contributed by atoms with Crippen molar-refractivity contribution < 1.29 is 14.6 Å². The number of ether oxygens (including phenoxy) is 2. The molecule has 0 saturated heterocycles. The molecule has 0 amide bonds. The van der Waals surface area contributed by atoms with E-state index in [0.717, 1.165) is 23.3 Å². The highest BCUT2D eigenvalue weighted by atomic mass is 16.5. The Labute approximate surface area is 137 Å². The second kappa shape index (κ2) is 7.38. The van der Waals surface area contributed by atoms with Crippen LogP contribution in [0.15, 0.2) is 30.3 Å². The van der Waals surface area contributed by atoms with Crippen molar-refractivity contribution in [1.82, 2.24) is 0 Å². The molecule has 4 nitrogen and oxygen atoms in total. The van der Waals surface area contributed by atoms with Gasteiger partial charge < -0.3 is 20.3 Å². The molecule has 0 aliphatic rings. The van der Waals surface area contributed by atoms with Gasteiger partial charge in [0.2, 0.25) is 0 Å². The van der Waals surface area contributed by atoms with Crippen LogP contribution in [-0.4, -0.2) is 25.9 Å². The van der Waals surface area contributed by atoms with Crippen LogP contribution in [0, 0.1) is 13.8 Å². The highest BCUT2D eigenvalue weighted by Gasteiger charge is 2.17. The molecule has 0 aliphatic heterocycles. The largest absolute Gasteiger partial charge is 0.504 e. The smallest absolute Gasteiger partial charge is 0.160 e. The molecule has 0 spiro atoms. The number of phenolic OH excluding ortho intramolecular Hbond substituents is 1. The first-order valence-electron chi connectivity index (χ1n) is 7.71. The Bertz CT molecular complexity index is 683. The highest BCUT2D eigenvalue weighted by molar-refractivity contribution is 5.46. The van der Waals surface area contributed by atoms with Gasteiger partial charge in [0.1, 0.15) is 5.75 Å². The van der Waals surface area contributed by atoms with Gasteiger partial charge in [-0.05, 0) is 67.3 Å². The van der Waals surface area contributed by atoms with Crippen LogP contribution < -0.4 is 15.2 Å². The summed E-state index contributed by atoms with van der Waals surface area (Å²) in [6.07, 6.45) is 0.756. The molecule has 0 radical (unpaired) electrons.